The minimum atomic E-state index is -1.67. The summed E-state index contributed by atoms with van der Waals surface area (Å²) in [7, 11) is 0. The van der Waals surface area contributed by atoms with Gasteiger partial charge in [0.15, 0.2) is 0 Å². The van der Waals surface area contributed by atoms with E-state index in [1.54, 1.807) is 5.56 Å². The molecule has 2 aliphatic rings. The second kappa shape index (κ2) is 8.28. The molecular weight excluding hydrogens is 494 g/mol. The molecule has 3 rings (SSSR count). The first-order chi connectivity index (χ1) is 9.58. The molecular formula is C18H23Cl2HfSi. The number of hydrogen-bond donors (Lipinski definition) is 0. The van der Waals surface area contributed by atoms with Crippen molar-refractivity contribution in [3.63, 3.8) is 0 Å². The first-order valence-electron chi connectivity index (χ1n) is 7.59. The van der Waals surface area contributed by atoms with Gasteiger partial charge in [-0.3, -0.25) is 0 Å². The Hall–Kier alpha value is 0.107. The van der Waals surface area contributed by atoms with Crippen molar-refractivity contribution in [3.8, 4) is 0 Å². The zero-order valence-electron chi connectivity index (χ0n) is 13.6. The maximum absolute atomic E-state index is 2.62. The molecule has 0 heterocycles. The molecule has 4 heteroatoms. The van der Waals surface area contributed by atoms with E-state index in [1.807, 2.05) is 0 Å². The summed E-state index contributed by atoms with van der Waals surface area (Å²) in [6, 6.07) is 7.13. The van der Waals surface area contributed by atoms with Crippen LogP contribution < -0.4 is 24.8 Å². The Labute approximate surface area is 155 Å². The first-order valence-corrected chi connectivity index (χ1v) is 20.8. The van der Waals surface area contributed by atoms with Crippen molar-refractivity contribution in [1.82, 2.24) is 0 Å². The van der Waals surface area contributed by atoms with Crippen molar-refractivity contribution >= 4 is 11.6 Å². The molecule has 0 saturated carbocycles. The number of benzene rings is 1. The molecule has 0 spiro atoms. The van der Waals surface area contributed by atoms with E-state index >= 15 is 0 Å². The van der Waals surface area contributed by atoms with Gasteiger partial charge in [0.05, 0.1) is 0 Å². The second-order valence-corrected chi connectivity index (χ2v) is 34.8. The maximum atomic E-state index is 2.62. The second-order valence-electron chi connectivity index (χ2n) is 6.37. The molecule has 1 atom stereocenters. The standard InChI is InChI=1S/C11H11.C5H5.C2H7Si.2ClH.Hf/c1-8-3-5-10-6-4-9(2)11(10)7-8;1-2-4-5-3-1;1-3-2;;;/h3-7H,1-2H3;1-5H;3H,1-2H3;2*1H;/q;;;;;+2/p-2. The average Bonchev–Trinajstić information content (AvgIpc) is 3.00. The van der Waals surface area contributed by atoms with E-state index in [0.717, 1.165) is 7.35 Å². The van der Waals surface area contributed by atoms with Gasteiger partial charge in [0.25, 0.3) is 0 Å². The Morgan fingerprint density at radius 2 is 1.64 bits per heavy atom. The van der Waals surface area contributed by atoms with Crippen LogP contribution in [0.2, 0.25) is 16.8 Å². The van der Waals surface area contributed by atoms with Crippen LogP contribution in [0.5, 0.6) is 0 Å². The Bertz CT molecular complexity index is 608. The van der Waals surface area contributed by atoms with Crippen LogP contribution in [0.4, 0.5) is 0 Å². The van der Waals surface area contributed by atoms with Gasteiger partial charge in [0.1, 0.15) is 0 Å². The molecule has 1 aromatic rings. The SMILES string of the molecule is CC1=C[CH]([Hf+2]([CH]2C=CC=C2)[SiH](C)C)c2ccc(C)cc21.[Cl-].[Cl-]. The van der Waals surface area contributed by atoms with E-state index in [1.165, 1.54) is 16.7 Å². The minimum absolute atomic E-state index is 0. The van der Waals surface area contributed by atoms with Crippen LogP contribution in [0, 0.1) is 6.92 Å². The van der Waals surface area contributed by atoms with Crippen LogP contribution in [0.15, 0.2) is 48.6 Å². The first kappa shape index (κ1) is 20.2. The van der Waals surface area contributed by atoms with Gasteiger partial charge >= 0.3 is 132 Å². The van der Waals surface area contributed by atoms with E-state index in [9.17, 15) is 0 Å². The number of rotatable bonds is 3. The summed E-state index contributed by atoms with van der Waals surface area (Å²) >= 11 is -1.67. The smallest absolute Gasteiger partial charge is 1.00 e. The molecule has 0 saturated heterocycles. The summed E-state index contributed by atoms with van der Waals surface area (Å²) in [4.78, 5) is 0. The molecule has 0 nitrogen and oxygen atoms in total. The van der Waals surface area contributed by atoms with Crippen molar-refractivity contribution in [3.05, 3.63) is 65.3 Å². The number of fused-ring (bicyclic) bond motifs is 1. The third-order valence-corrected chi connectivity index (χ3v) is 34.8. The molecule has 0 aromatic heterocycles. The summed E-state index contributed by atoms with van der Waals surface area (Å²) in [5, 5.41) is 0. The normalized spacial score (nSPS) is 18.8. The van der Waals surface area contributed by atoms with Crippen LogP contribution in [0.1, 0.15) is 27.3 Å². The van der Waals surface area contributed by atoms with Gasteiger partial charge in [-0.2, -0.15) is 0 Å². The fraction of sp³-hybridized carbons (Fsp3) is 0.333. The Morgan fingerprint density at radius 1 is 1.00 bits per heavy atom. The molecule has 1 aromatic carbocycles. The third kappa shape index (κ3) is 3.77. The van der Waals surface area contributed by atoms with E-state index in [4.69, 9.17) is 0 Å². The summed E-state index contributed by atoms with van der Waals surface area (Å²) < 4.78 is 1.69. The van der Waals surface area contributed by atoms with Crippen LogP contribution in [-0.2, 0) is 20.6 Å². The Kier molecular flexibility index (Phi) is 7.58. The average molecular weight is 517 g/mol. The monoisotopic (exact) mass is 517 g/mol. The molecule has 0 bridgehead atoms. The predicted molar refractivity (Wildman–Crippen MR) is 88.5 cm³/mol. The van der Waals surface area contributed by atoms with Gasteiger partial charge in [-0.15, -0.1) is 0 Å². The minimum Gasteiger partial charge on any atom is -1.00 e. The third-order valence-electron chi connectivity index (χ3n) is 4.54. The molecule has 117 valence electrons. The van der Waals surface area contributed by atoms with Gasteiger partial charge in [-0.1, -0.05) is 0 Å². The summed E-state index contributed by atoms with van der Waals surface area (Å²) in [5.41, 5.74) is 6.12. The van der Waals surface area contributed by atoms with Gasteiger partial charge in [-0.25, -0.2) is 0 Å². The van der Waals surface area contributed by atoms with Crippen molar-refractivity contribution in [2.24, 2.45) is 0 Å². The van der Waals surface area contributed by atoms with E-state index in [2.05, 4.69) is 75.5 Å². The number of hydrogen-bond acceptors (Lipinski definition) is 0. The zero-order valence-corrected chi connectivity index (χ0v) is 19.9. The van der Waals surface area contributed by atoms with Gasteiger partial charge in [-0.05, 0) is 0 Å². The molecule has 1 unspecified atom stereocenters. The summed E-state index contributed by atoms with van der Waals surface area (Å²) in [5.74, 6) is -0.524. The zero-order chi connectivity index (χ0) is 14.3. The Morgan fingerprint density at radius 3 is 2.23 bits per heavy atom. The van der Waals surface area contributed by atoms with E-state index in [0.29, 0.717) is 0 Å². The number of halogens is 2. The van der Waals surface area contributed by atoms with E-state index < -0.39 is 26.6 Å². The summed E-state index contributed by atoms with van der Waals surface area (Å²) in [6.07, 6.45) is 12.1. The quantitative estimate of drug-likeness (QED) is 0.451. The maximum Gasteiger partial charge on any atom is -1.00 e. The fourth-order valence-electron chi connectivity index (χ4n) is 3.59. The van der Waals surface area contributed by atoms with Gasteiger partial charge < -0.3 is 24.8 Å². The fourth-order valence-corrected chi connectivity index (χ4v) is 32.9. The van der Waals surface area contributed by atoms with Crippen molar-refractivity contribution < 1.29 is 45.4 Å². The molecule has 22 heavy (non-hydrogen) atoms. The van der Waals surface area contributed by atoms with Crippen molar-refractivity contribution in [1.29, 1.82) is 0 Å². The molecule has 2 aliphatic carbocycles. The predicted octanol–water partition coefficient (Wildman–Crippen LogP) is -1.02. The molecule has 0 N–H and O–H groups in total. The number of aryl methyl sites for hydroxylation is 1. The number of allylic oxidation sites excluding steroid dienone is 6. The van der Waals surface area contributed by atoms with Crippen molar-refractivity contribution in [2.75, 3.05) is 0 Å². The topological polar surface area (TPSA) is 0 Å². The van der Waals surface area contributed by atoms with Gasteiger partial charge in [0.2, 0.25) is 0 Å². The van der Waals surface area contributed by atoms with Crippen LogP contribution in [0.25, 0.3) is 5.57 Å². The Balaban J connectivity index is 0.00000121. The summed E-state index contributed by atoms with van der Waals surface area (Å²) in [6.45, 7) is 9.71. The molecule has 0 radical (unpaired) electrons. The molecule has 0 fully saturated rings. The van der Waals surface area contributed by atoms with Crippen molar-refractivity contribution in [2.45, 2.75) is 34.3 Å². The van der Waals surface area contributed by atoms with E-state index in [-0.39, 0.29) is 24.8 Å². The molecule has 0 amide bonds. The molecule has 0 aliphatic heterocycles. The van der Waals surface area contributed by atoms with Gasteiger partial charge in [0, 0.05) is 0 Å². The van der Waals surface area contributed by atoms with Crippen LogP contribution >= 0.6 is 0 Å². The van der Waals surface area contributed by atoms with Crippen LogP contribution in [0.3, 0.4) is 0 Å². The largest absolute Gasteiger partial charge is 1.00 e. The van der Waals surface area contributed by atoms with Crippen LogP contribution in [-0.4, -0.2) is 5.98 Å².